The third-order valence-corrected chi connectivity index (χ3v) is 3.47. The second-order valence-corrected chi connectivity index (χ2v) is 6.47. The lowest BCUT2D eigenvalue weighted by Gasteiger charge is -2.15. The van der Waals surface area contributed by atoms with Crippen molar-refractivity contribution in [3.05, 3.63) is 23.8 Å². The molecule has 2 rings (SSSR count). The third-order valence-electron chi connectivity index (χ3n) is 3.47. The van der Waals surface area contributed by atoms with Gasteiger partial charge in [0.1, 0.15) is 12.7 Å². The number of methoxy groups -OCH3 is 2. The maximum absolute atomic E-state index is 12.0. The summed E-state index contributed by atoms with van der Waals surface area (Å²) < 4.78 is 21.7. The van der Waals surface area contributed by atoms with Gasteiger partial charge >= 0.3 is 0 Å². The Kier molecular flexibility index (Phi) is 5.31. The summed E-state index contributed by atoms with van der Waals surface area (Å²) in [6.45, 7) is 6.85. The van der Waals surface area contributed by atoms with Crippen molar-refractivity contribution in [3.8, 4) is 17.2 Å². The zero-order chi connectivity index (χ0) is 17.0. The smallest absolute Gasteiger partial charge is 0.203 e. The SMILES string of the molecule is COc1cc(C=CC(=O)C(C)(C)C)cc(OC)c1OCC1CO1. The summed E-state index contributed by atoms with van der Waals surface area (Å²) in [7, 11) is 3.14. The van der Waals surface area contributed by atoms with E-state index in [0.29, 0.717) is 23.9 Å². The molecule has 126 valence electrons. The number of epoxide rings is 1. The summed E-state index contributed by atoms with van der Waals surface area (Å²) >= 11 is 0. The fraction of sp³-hybridized carbons (Fsp3) is 0.500. The third kappa shape index (κ3) is 4.73. The first-order valence-electron chi connectivity index (χ1n) is 7.58. The number of ether oxygens (including phenoxy) is 4. The molecule has 23 heavy (non-hydrogen) atoms. The van der Waals surface area contributed by atoms with Crippen LogP contribution in [0.25, 0.3) is 6.08 Å². The Hall–Kier alpha value is -2.01. The van der Waals surface area contributed by atoms with E-state index >= 15 is 0 Å². The molecule has 0 bridgehead atoms. The minimum absolute atomic E-state index is 0.0571. The van der Waals surface area contributed by atoms with Gasteiger partial charge in [-0.3, -0.25) is 4.79 Å². The van der Waals surface area contributed by atoms with Crippen molar-refractivity contribution < 1.29 is 23.7 Å². The van der Waals surface area contributed by atoms with E-state index in [0.717, 1.165) is 12.2 Å². The Morgan fingerprint density at radius 2 is 1.83 bits per heavy atom. The van der Waals surface area contributed by atoms with Gasteiger partial charge in [-0.1, -0.05) is 26.8 Å². The van der Waals surface area contributed by atoms with Gasteiger partial charge in [0.15, 0.2) is 17.3 Å². The molecule has 1 aromatic carbocycles. The van der Waals surface area contributed by atoms with Crippen LogP contribution in [0.15, 0.2) is 18.2 Å². The number of hydrogen-bond donors (Lipinski definition) is 0. The molecule has 1 aliphatic heterocycles. The molecule has 1 aliphatic rings. The summed E-state index contributed by atoms with van der Waals surface area (Å²) in [6, 6.07) is 3.64. The van der Waals surface area contributed by atoms with E-state index in [2.05, 4.69) is 0 Å². The Morgan fingerprint density at radius 1 is 1.26 bits per heavy atom. The maximum Gasteiger partial charge on any atom is 0.203 e. The minimum Gasteiger partial charge on any atom is -0.493 e. The lowest BCUT2D eigenvalue weighted by molar-refractivity contribution is -0.121. The second kappa shape index (κ2) is 7.04. The summed E-state index contributed by atoms with van der Waals surface area (Å²) in [4.78, 5) is 12.0. The van der Waals surface area contributed by atoms with Gasteiger partial charge in [-0.2, -0.15) is 0 Å². The number of carbonyl (C=O) groups is 1. The standard InChI is InChI=1S/C18H24O5/c1-18(2,3)16(19)7-6-12-8-14(20-4)17(15(9-12)21-5)23-11-13-10-22-13/h6-9,13H,10-11H2,1-5H3. The van der Waals surface area contributed by atoms with Gasteiger partial charge in [-0.15, -0.1) is 0 Å². The number of ketones is 1. The number of hydrogen-bond acceptors (Lipinski definition) is 5. The number of rotatable bonds is 7. The van der Waals surface area contributed by atoms with Gasteiger partial charge in [0.05, 0.1) is 20.8 Å². The molecule has 1 atom stereocenters. The number of benzene rings is 1. The maximum atomic E-state index is 12.0. The molecule has 5 nitrogen and oxygen atoms in total. The van der Waals surface area contributed by atoms with Gasteiger partial charge in [-0.25, -0.2) is 0 Å². The monoisotopic (exact) mass is 320 g/mol. The molecule has 0 amide bonds. The van der Waals surface area contributed by atoms with E-state index in [4.69, 9.17) is 18.9 Å². The molecule has 0 aromatic heterocycles. The van der Waals surface area contributed by atoms with Crippen molar-refractivity contribution in [3.63, 3.8) is 0 Å². The van der Waals surface area contributed by atoms with Crippen LogP contribution >= 0.6 is 0 Å². The molecular weight excluding hydrogens is 296 g/mol. The molecule has 0 spiro atoms. The molecule has 1 fully saturated rings. The fourth-order valence-electron chi connectivity index (χ4n) is 1.90. The van der Waals surface area contributed by atoms with Crippen LogP contribution in [-0.4, -0.2) is 39.3 Å². The molecule has 0 radical (unpaired) electrons. The molecule has 0 aliphatic carbocycles. The van der Waals surface area contributed by atoms with Gasteiger partial charge < -0.3 is 18.9 Å². The molecule has 0 N–H and O–H groups in total. The first-order chi connectivity index (χ1) is 10.8. The fourth-order valence-corrected chi connectivity index (χ4v) is 1.90. The van der Waals surface area contributed by atoms with Crippen LogP contribution in [0, 0.1) is 5.41 Å². The van der Waals surface area contributed by atoms with Gasteiger partial charge in [0.25, 0.3) is 0 Å². The molecule has 1 heterocycles. The van der Waals surface area contributed by atoms with Crippen LogP contribution in [0.5, 0.6) is 17.2 Å². The zero-order valence-electron chi connectivity index (χ0n) is 14.3. The highest BCUT2D eigenvalue weighted by Crippen LogP contribution is 2.39. The van der Waals surface area contributed by atoms with Crippen LogP contribution in [-0.2, 0) is 9.53 Å². The second-order valence-electron chi connectivity index (χ2n) is 6.47. The van der Waals surface area contributed by atoms with Crippen molar-refractivity contribution in [1.82, 2.24) is 0 Å². The lowest BCUT2D eigenvalue weighted by atomic mass is 9.90. The van der Waals surface area contributed by atoms with E-state index in [1.807, 2.05) is 32.9 Å². The summed E-state index contributed by atoms with van der Waals surface area (Å²) in [5.74, 6) is 1.73. The lowest BCUT2D eigenvalue weighted by Crippen LogP contribution is -2.17. The van der Waals surface area contributed by atoms with Crippen LogP contribution in [0.3, 0.4) is 0 Å². The summed E-state index contributed by atoms with van der Waals surface area (Å²) in [5.41, 5.74) is 0.407. The first kappa shape index (κ1) is 17.3. The van der Waals surface area contributed by atoms with E-state index in [1.165, 1.54) is 0 Å². The Balaban J connectivity index is 2.23. The predicted octanol–water partition coefficient (Wildman–Crippen LogP) is 3.11. The van der Waals surface area contributed by atoms with Crippen molar-refractivity contribution >= 4 is 11.9 Å². The molecule has 1 unspecified atom stereocenters. The summed E-state index contributed by atoms with van der Waals surface area (Å²) in [5, 5.41) is 0. The Morgan fingerprint density at radius 3 is 2.26 bits per heavy atom. The molecule has 0 saturated carbocycles. The predicted molar refractivity (Wildman–Crippen MR) is 88.3 cm³/mol. The van der Waals surface area contributed by atoms with Crippen molar-refractivity contribution in [2.75, 3.05) is 27.4 Å². The van der Waals surface area contributed by atoms with Gasteiger partial charge in [0, 0.05) is 5.41 Å². The van der Waals surface area contributed by atoms with Gasteiger partial charge in [0.2, 0.25) is 5.75 Å². The Bertz CT molecular complexity index is 569. The molecule has 5 heteroatoms. The highest BCUT2D eigenvalue weighted by atomic mass is 16.6. The quantitative estimate of drug-likeness (QED) is 0.571. The molecule has 1 aromatic rings. The van der Waals surface area contributed by atoms with E-state index in [1.54, 1.807) is 26.4 Å². The van der Waals surface area contributed by atoms with E-state index in [-0.39, 0.29) is 11.9 Å². The van der Waals surface area contributed by atoms with Crippen LogP contribution < -0.4 is 14.2 Å². The van der Waals surface area contributed by atoms with Crippen molar-refractivity contribution in [2.45, 2.75) is 26.9 Å². The van der Waals surface area contributed by atoms with Crippen LogP contribution in [0.1, 0.15) is 26.3 Å². The average Bonchev–Trinajstić information content (AvgIpc) is 3.33. The number of carbonyl (C=O) groups excluding carboxylic acids is 1. The molecular formula is C18H24O5. The summed E-state index contributed by atoms with van der Waals surface area (Å²) in [6.07, 6.45) is 3.48. The largest absolute Gasteiger partial charge is 0.493 e. The zero-order valence-corrected chi connectivity index (χ0v) is 14.3. The highest BCUT2D eigenvalue weighted by molar-refractivity contribution is 5.97. The van der Waals surface area contributed by atoms with Crippen LogP contribution in [0.4, 0.5) is 0 Å². The van der Waals surface area contributed by atoms with Crippen molar-refractivity contribution in [1.29, 1.82) is 0 Å². The first-order valence-corrected chi connectivity index (χ1v) is 7.58. The number of allylic oxidation sites excluding steroid dienone is 1. The average molecular weight is 320 g/mol. The topological polar surface area (TPSA) is 57.3 Å². The minimum atomic E-state index is -0.405. The van der Waals surface area contributed by atoms with E-state index < -0.39 is 5.41 Å². The normalized spacial score (nSPS) is 17.2. The van der Waals surface area contributed by atoms with Gasteiger partial charge in [-0.05, 0) is 23.8 Å². The molecule has 1 saturated heterocycles. The Labute approximate surface area is 137 Å². The van der Waals surface area contributed by atoms with Crippen molar-refractivity contribution in [2.24, 2.45) is 5.41 Å². The highest BCUT2D eigenvalue weighted by Gasteiger charge is 2.25. The van der Waals surface area contributed by atoms with Crippen LogP contribution in [0.2, 0.25) is 0 Å². The van der Waals surface area contributed by atoms with E-state index in [9.17, 15) is 4.79 Å².